The van der Waals surface area contributed by atoms with Crippen molar-refractivity contribution in [2.24, 2.45) is 58.2 Å². The van der Waals surface area contributed by atoms with Gasteiger partial charge in [0, 0.05) is 5.41 Å². The SMILES string of the molecule is C[C-]1C2=C3Cc4ccccc4C3=C3C=CC(C)C(C)C3(C)C2(C)C(C)C(C)C1C.Cc1cc(C23CC4CC(CC(C4)C2)C3)c[cH-]1.[Cl-].[Cl-].[Zr+2]=[C](c1ccccc1)c1ccccc1. The number of halogens is 2. The molecule has 0 heterocycles. The minimum atomic E-state index is 0. The van der Waals surface area contributed by atoms with Gasteiger partial charge in [0.15, 0.2) is 0 Å². The van der Waals surface area contributed by atoms with Gasteiger partial charge in [0.25, 0.3) is 0 Å². The average Bonchev–Trinajstić information content (AvgIpc) is 3.86. The predicted molar refractivity (Wildman–Crippen MR) is 247 cm³/mol. The zero-order valence-corrected chi connectivity index (χ0v) is 42.3. The van der Waals surface area contributed by atoms with E-state index in [1.54, 1.807) is 53.0 Å². The van der Waals surface area contributed by atoms with E-state index in [-0.39, 0.29) is 35.6 Å². The summed E-state index contributed by atoms with van der Waals surface area (Å²) in [4.78, 5) is 0. The molecule has 0 nitrogen and oxygen atoms in total. The molecule has 7 atom stereocenters. The Balaban J connectivity index is 0.000000148. The third kappa shape index (κ3) is 7.60. The van der Waals surface area contributed by atoms with Crippen molar-refractivity contribution >= 4 is 8.78 Å². The second-order valence-corrected chi connectivity index (χ2v) is 22.2. The van der Waals surface area contributed by atoms with E-state index < -0.39 is 0 Å². The van der Waals surface area contributed by atoms with Crippen LogP contribution in [0.2, 0.25) is 0 Å². The number of benzene rings is 3. The molecule has 0 spiro atoms. The van der Waals surface area contributed by atoms with E-state index in [0.29, 0.717) is 35.0 Å². The van der Waals surface area contributed by atoms with Crippen molar-refractivity contribution in [1.82, 2.24) is 0 Å². The molecule has 61 heavy (non-hydrogen) atoms. The monoisotopic (exact) mass is 924 g/mol. The number of hydrogen-bond donors (Lipinski definition) is 0. The van der Waals surface area contributed by atoms with Crippen molar-refractivity contribution in [3.63, 3.8) is 0 Å². The van der Waals surface area contributed by atoms with E-state index in [0.717, 1.165) is 24.2 Å². The molecule has 0 amide bonds. The summed E-state index contributed by atoms with van der Waals surface area (Å²) in [7, 11) is 0. The van der Waals surface area contributed by atoms with Gasteiger partial charge in [-0.3, -0.25) is 0 Å². The fourth-order valence-corrected chi connectivity index (χ4v) is 15.4. The number of allylic oxidation sites excluding steroid dienone is 6. The molecule has 4 aromatic carbocycles. The van der Waals surface area contributed by atoms with Gasteiger partial charge in [0.2, 0.25) is 0 Å². The quantitative estimate of drug-likeness (QED) is 0.181. The zero-order valence-electron chi connectivity index (χ0n) is 38.3. The molecule has 5 saturated carbocycles. The van der Waals surface area contributed by atoms with Crippen LogP contribution in [0.15, 0.2) is 132 Å². The molecule has 0 aliphatic heterocycles. The van der Waals surface area contributed by atoms with Gasteiger partial charge in [-0.25, -0.2) is 12.0 Å². The van der Waals surface area contributed by atoms with Crippen molar-refractivity contribution in [2.75, 3.05) is 0 Å². The van der Waals surface area contributed by atoms with Crippen molar-refractivity contribution in [3.8, 4) is 0 Å². The molecule has 8 aliphatic rings. The van der Waals surface area contributed by atoms with Crippen LogP contribution in [0.25, 0.3) is 5.57 Å². The Bertz CT molecular complexity index is 2230. The molecule has 0 N–H and O–H groups in total. The summed E-state index contributed by atoms with van der Waals surface area (Å²) in [6, 6.07) is 37.5. The standard InChI is InChI=1S/C29H37.C16H21.C13H10.2ClH.Zr/c1-16-13-14-25-26-23-12-10-9-11-22(23)15-24(26)27-19(4)17(2)18(3)21(6)29(27,8)28(25,7)20(16)5;1-11-2-3-15(4-11)16-8-12-5-13(9-16)7-14(6-12)10-16;1-3-7-12(8-4-1)11-13-9-5-2-6-10-13;;;/h9-14,16-18,20-21H,15H2,1-8H3;2-4,12-14H,5-10H2,1H3;1-10H;2*1H;/q2*-1;;;;+2/p-2. The molecule has 0 saturated heterocycles. The van der Waals surface area contributed by atoms with Crippen LogP contribution in [0.4, 0.5) is 0 Å². The first-order chi connectivity index (χ1) is 28.3. The Morgan fingerprint density at radius 2 is 1.26 bits per heavy atom. The molecule has 4 aromatic rings. The molecular weight excluding hydrogens is 859 g/mol. The molecule has 0 aromatic heterocycles. The van der Waals surface area contributed by atoms with Gasteiger partial charge in [-0.05, 0) is 71.7 Å². The van der Waals surface area contributed by atoms with E-state index in [2.05, 4.69) is 178 Å². The summed E-state index contributed by atoms with van der Waals surface area (Å²) in [6.45, 7) is 22.4. The second-order valence-electron chi connectivity index (χ2n) is 21.0. The maximum absolute atomic E-state index is 2.63. The third-order valence-electron chi connectivity index (χ3n) is 18.2. The predicted octanol–water partition coefficient (Wildman–Crippen LogP) is 8.67. The summed E-state index contributed by atoms with van der Waals surface area (Å²) in [6.07, 6.45) is 15.3. The van der Waals surface area contributed by atoms with Crippen molar-refractivity contribution < 1.29 is 49.0 Å². The zero-order chi connectivity index (χ0) is 41.4. The Labute approximate surface area is 397 Å². The van der Waals surface area contributed by atoms with Gasteiger partial charge in [-0.15, -0.1) is 6.92 Å². The Hall–Kier alpha value is -2.57. The number of fused-ring (bicyclic) bond motifs is 6. The molecule has 8 aliphatic carbocycles. The van der Waals surface area contributed by atoms with Crippen LogP contribution in [-0.4, -0.2) is 3.21 Å². The summed E-state index contributed by atoms with van der Waals surface area (Å²) in [5.74, 6) is 8.14. The molecule has 320 valence electrons. The van der Waals surface area contributed by atoms with Gasteiger partial charge < -0.3 is 24.8 Å². The summed E-state index contributed by atoms with van der Waals surface area (Å²) >= 11 is 1.46. The molecule has 0 radical (unpaired) electrons. The minimum absolute atomic E-state index is 0. The number of rotatable bonds is 3. The van der Waals surface area contributed by atoms with E-state index in [1.807, 2.05) is 0 Å². The molecule has 3 heteroatoms. The van der Waals surface area contributed by atoms with Crippen LogP contribution in [0.5, 0.6) is 0 Å². The Kier molecular flexibility index (Phi) is 13.5. The third-order valence-corrected chi connectivity index (χ3v) is 19.6. The Morgan fingerprint density at radius 1 is 0.721 bits per heavy atom. The first-order valence-electron chi connectivity index (χ1n) is 23.3. The van der Waals surface area contributed by atoms with Crippen LogP contribution < -0.4 is 24.8 Å². The summed E-state index contributed by atoms with van der Waals surface area (Å²) in [5, 5.41) is 0. The van der Waals surface area contributed by atoms with Gasteiger partial charge >= 0.3 is 99.2 Å². The fourth-order valence-electron chi connectivity index (χ4n) is 14.6. The van der Waals surface area contributed by atoms with Crippen LogP contribution >= 0.6 is 0 Å². The van der Waals surface area contributed by atoms with E-state index in [4.69, 9.17) is 0 Å². The van der Waals surface area contributed by atoms with Gasteiger partial charge in [-0.1, -0.05) is 146 Å². The van der Waals surface area contributed by atoms with E-state index in [1.165, 1.54) is 74.5 Å². The number of hydrogen-bond acceptors (Lipinski definition) is 0. The summed E-state index contributed by atoms with van der Waals surface area (Å²) < 4.78 is 1.42. The first-order valence-corrected chi connectivity index (χ1v) is 24.5. The molecule has 12 rings (SSSR count). The molecular formula is C58H68Cl2Zr-2. The molecule has 5 fully saturated rings. The van der Waals surface area contributed by atoms with E-state index >= 15 is 0 Å². The topological polar surface area (TPSA) is 0 Å². The Morgan fingerprint density at radius 3 is 1.80 bits per heavy atom. The normalized spacial score (nSPS) is 34.6. The average molecular weight is 927 g/mol. The van der Waals surface area contributed by atoms with Crippen molar-refractivity contribution in [3.05, 3.63) is 171 Å². The second kappa shape index (κ2) is 17.8. The first kappa shape index (κ1) is 46.4. The van der Waals surface area contributed by atoms with E-state index in [9.17, 15) is 0 Å². The molecule has 4 bridgehead atoms. The van der Waals surface area contributed by atoms with Crippen LogP contribution in [0, 0.1) is 71.0 Å². The molecule has 7 unspecified atom stereocenters. The maximum atomic E-state index is 2.63. The van der Waals surface area contributed by atoms with Crippen LogP contribution in [0.1, 0.15) is 127 Å². The van der Waals surface area contributed by atoms with Gasteiger partial charge in [0.1, 0.15) is 0 Å². The van der Waals surface area contributed by atoms with Crippen LogP contribution in [0.3, 0.4) is 0 Å². The van der Waals surface area contributed by atoms with Crippen molar-refractivity contribution in [1.29, 1.82) is 0 Å². The summed E-state index contributed by atoms with van der Waals surface area (Å²) in [5.41, 5.74) is 16.4. The van der Waals surface area contributed by atoms with Gasteiger partial charge in [0.05, 0.1) is 0 Å². The van der Waals surface area contributed by atoms with Crippen molar-refractivity contribution in [2.45, 2.75) is 113 Å². The van der Waals surface area contributed by atoms with Crippen LogP contribution in [-0.2, 0) is 36.1 Å². The van der Waals surface area contributed by atoms with Gasteiger partial charge in [-0.2, -0.15) is 34.4 Å². The number of aryl methyl sites for hydroxylation is 1. The fraction of sp³-hybridized carbons (Fsp3) is 0.466.